The van der Waals surface area contributed by atoms with Gasteiger partial charge in [-0.1, -0.05) is 12.1 Å². The summed E-state index contributed by atoms with van der Waals surface area (Å²) in [7, 11) is 0. The normalized spacial score (nSPS) is 14.8. The number of alkyl halides is 4. The van der Waals surface area contributed by atoms with Crippen molar-refractivity contribution in [1.82, 2.24) is 0 Å². The molecular formula is C11H8F4O4. The van der Waals surface area contributed by atoms with E-state index in [1.54, 1.807) is 0 Å². The predicted molar refractivity (Wildman–Crippen MR) is 54.9 cm³/mol. The van der Waals surface area contributed by atoms with Crippen molar-refractivity contribution in [2.24, 2.45) is 0 Å². The Hall–Kier alpha value is -2.12. The quantitative estimate of drug-likeness (QED) is 0.835. The molecule has 0 aromatic heterocycles. The van der Waals surface area contributed by atoms with E-state index in [0.29, 0.717) is 6.07 Å². The van der Waals surface area contributed by atoms with Gasteiger partial charge >= 0.3 is 18.1 Å². The van der Waals surface area contributed by atoms with Crippen molar-refractivity contribution < 1.29 is 37.4 Å². The van der Waals surface area contributed by atoms with Gasteiger partial charge in [-0.25, -0.2) is 14.0 Å². The van der Waals surface area contributed by atoms with Crippen LogP contribution in [0.4, 0.5) is 17.6 Å². The van der Waals surface area contributed by atoms with Crippen LogP contribution in [-0.4, -0.2) is 28.3 Å². The summed E-state index contributed by atoms with van der Waals surface area (Å²) in [4.78, 5) is 21.7. The summed E-state index contributed by atoms with van der Waals surface area (Å²) in [5.41, 5.74) is -7.32. The lowest BCUT2D eigenvalue weighted by molar-refractivity contribution is -0.228. The highest BCUT2D eigenvalue weighted by Gasteiger charge is 2.55. The topological polar surface area (TPSA) is 74.6 Å². The molecule has 0 fully saturated rings. The van der Waals surface area contributed by atoms with Crippen molar-refractivity contribution in [2.75, 3.05) is 0 Å². The van der Waals surface area contributed by atoms with Crippen molar-refractivity contribution in [2.45, 2.75) is 18.8 Å². The van der Waals surface area contributed by atoms with E-state index >= 15 is 0 Å². The highest BCUT2D eigenvalue weighted by Crippen LogP contribution is 2.43. The van der Waals surface area contributed by atoms with E-state index in [2.05, 4.69) is 0 Å². The monoisotopic (exact) mass is 280 g/mol. The molecule has 1 unspecified atom stereocenters. The van der Waals surface area contributed by atoms with Crippen molar-refractivity contribution >= 4 is 11.9 Å². The van der Waals surface area contributed by atoms with Crippen molar-refractivity contribution in [3.8, 4) is 0 Å². The van der Waals surface area contributed by atoms with Gasteiger partial charge in [-0.2, -0.15) is 13.2 Å². The number of carbonyl (C=O) groups is 2. The zero-order chi connectivity index (χ0) is 15.0. The lowest BCUT2D eigenvalue weighted by Crippen LogP contribution is -2.37. The van der Waals surface area contributed by atoms with E-state index in [4.69, 9.17) is 10.2 Å². The minimum Gasteiger partial charge on any atom is -0.478 e. The average Bonchev–Trinajstić information content (AvgIpc) is 2.26. The second-order valence-corrected chi connectivity index (χ2v) is 3.84. The fourth-order valence-electron chi connectivity index (χ4n) is 1.50. The summed E-state index contributed by atoms with van der Waals surface area (Å²) in [6, 6.07) is 2.25. The van der Waals surface area contributed by atoms with Crippen LogP contribution in [0.15, 0.2) is 18.2 Å². The van der Waals surface area contributed by atoms with Crippen LogP contribution >= 0.6 is 0 Å². The molecule has 0 aliphatic rings. The van der Waals surface area contributed by atoms with Gasteiger partial charge in [0.25, 0.3) is 0 Å². The van der Waals surface area contributed by atoms with Gasteiger partial charge in [0.2, 0.25) is 5.67 Å². The predicted octanol–water partition coefficient (Wildman–Crippen LogP) is 2.83. The van der Waals surface area contributed by atoms with Crippen LogP contribution in [0.2, 0.25) is 0 Å². The van der Waals surface area contributed by atoms with Gasteiger partial charge < -0.3 is 10.2 Å². The minimum atomic E-state index is -5.37. The second kappa shape index (κ2) is 4.52. The molecule has 1 atom stereocenters. The van der Waals surface area contributed by atoms with E-state index in [0.717, 1.165) is 12.1 Å². The molecular weight excluding hydrogens is 272 g/mol. The molecule has 8 heteroatoms. The molecule has 0 aliphatic carbocycles. The first kappa shape index (κ1) is 14.9. The fraction of sp³-hybridized carbons (Fsp3) is 0.273. The van der Waals surface area contributed by atoms with E-state index in [1.807, 2.05) is 0 Å². The molecule has 0 spiro atoms. The van der Waals surface area contributed by atoms with Gasteiger partial charge in [-0.05, 0) is 13.0 Å². The molecule has 0 amide bonds. The SMILES string of the molecule is CC(F)(c1cccc(C(=O)O)c1C(=O)O)C(F)(F)F. The first-order valence-corrected chi connectivity index (χ1v) is 4.86. The van der Waals surface area contributed by atoms with Crippen LogP contribution in [-0.2, 0) is 5.67 Å². The Kier molecular flexibility index (Phi) is 3.56. The summed E-state index contributed by atoms with van der Waals surface area (Å²) in [6.45, 7) is 0.139. The molecule has 2 N–H and O–H groups in total. The molecule has 1 aromatic carbocycles. The minimum absolute atomic E-state index is 0.139. The smallest absolute Gasteiger partial charge is 0.426 e. The van der Waals surface area contributed by atoms with Crippen LogP contribution in [0, 0.1) is 0 Å². The first-order chi connectivity index (χ1) is 8.50. The molecule has 0 saturated carbocycles. The van der Waals surface area contributed by atoms with Gasteiger partial charge in [0, 0.05) is 5.56 Å². The maximum Gasteiger partial charge on any atom is 0.426 e. The highest BCUT2D eigenvalue weighted by molar-refractivity contribution is 6.03. The third kappa shape index (κ3) is 2.51. The zero-order valence-electron chi connectivity index (χ0n) is 9.45. The van der Waals surface area contributed by atoms with E-state index in [9.17, 15) is 27.2 Å². The number of aromatic carboxylic acids is 2. The number of halogens is 4. The molecule has 0 aliphatic heterocycles. The number of carboxylic acids is 2. The Morgan fingerprint density at radius 3 is 1.95 bits per heavy atom. The number of hydrogen-bond acceptors (Lipinski definition) is 2. The number of rotatable bonds is 3. The average molecular weight is 280 g/mol. The summed E-state index contributed by atoms with van der Waals surface area (Å²) < 4.78 is 51.6. The Morgan fingerprint density at radius 2 is 1.58 bits per heavy atom. The number of hydrogen-bond donors (Lipinski definition) is 2. The van der Waals surface area contributed by atoms with E-state index < -0.39 is 40.5 Å². The molecule has 1 rings (SSSR count). The molecule has 0 radical (unpaired) electrons. The lowest BCUT2D eigenvalue weighted by atomic mass is 9.89. The maximum absolute atomic E-state index is 13.8. The number of carboxylic acid groups (broad SMARTS) is 2. The van der Waals surface area contributed by atoms with Crippen LogP contribution in [0.1, 0.15) is 33.2 Å². The number of benzene rings is 1. The van der Waals surface area contributed by atoms with Crippen molar-refractivity contribution in [3.63, 3.8) is 0 Å². The van der Waals surface area contributed by atoms with Crippen LogP contribution in [0.3, 0.4) is 0 Å². The summed E-state index contributed by atoms with van der Waals surface area (Å²) in [5, 5.41) is 17.6. The lowest BCUT2D eigenvalue weighted by Gasteiger charge is -2.25. The van der Waals surface area contributed by atoms with E-state index in [-0.39, 0.29) is 6.92 Å². The molecule has 0 heterocycles. The largest absolute Gasteiger partial charge is 0.478 e. The second-order valence-electron chi connectivity index (χ2n) is 3.84. The molecule has 0 bridgehead atoms. The van der Waals surface area contributed by atoms with Gasteiger partial charge in [0.15, 0.2) is 0 Å². The molecule has 0 saturated heterocycles. The third-order valence-electron chi connectivity index (χ3n) is 2.55. The molecule has 1 aromatic rings. The first-order valence-electron chi connectivity index (χ1n) is 4.86. The molecule has 19 heavy (non-hydrogen) atoms. The van der Waals surface area contributed by atoms with Gasteiger partial charge in [-0.3, -0.25) is 0 Å². The van der Waals surface area contributed by atoms with Gasteiger partial charge in [-0.15, -0.1) is 0 Å². The molecule has 104 valence electrons. The third-order valence-corrected chi connectivity index (χ3v) is 2.55. The summed E-state index contributed by atoms with van der Waals surface area (Å²) in [6.07, 6.45) is -5.37. The Labute approximate surface area is 104 Å². The van der Waals surface area contributed by atoms with Crippen molar-refractivity contribution in [1.29, 1.82) is 0 Å². The van der Waals surface area contributed by atoms with Crippen molar-refractivity contribution in [3.05, 3.63) is 34.9 Å². The zero-order valence-corrected chi connectivity index (χ0v) is 9.45. The highest BCUT2D eigenvalue weighted by atomic mass is 19.4. The van der Waals surface area contributed by atoms with Crippen LogP contribution < -0.4 is 0 Å². The van der Waals surface area contributed by atoms with Gasteiger partial charge in [0.05, 0.1) is 11.1 Å². The van der Waals surface area contributed by atoms with E-state index in [1.165, 1.54) is 0 Å². The fourth-order valence-corrected chi connectivity index (χ4v) is 1.50. The Morgan fingerprint density at radius 1 is 1.05 bits per heavy atom. The summed E-state index contributed by atoms with van der Waals surface area (Å²) >= 11 is 0. The van der Waals surface area contributed by atoms with Crippen LogP contribution in [0.25, 0.3) is 0 Å². The maximum atomic E-state index is 13.8. The standard InChI is InChI=1S/C11H8F4O4/c1-10(12,11(13,14)15)6-4-2-3-5(8(16)17)7(6)9(18)19/h2-4H,1H3,(H,16,17)(H,18,19). The van der Waals surface area contributed by atoms with Crippen LogP contribution in [0.5, 0.6) is 0 Å². The summed E-state index contributed by atoms with van der Waals surface area (Å²) in [5.74, 6) is -3.70. The Balaban J connectivity index is 3.67. The molecule has 4 nitrogen and oxygen atoms in total. The Bertz CT molecular complexity index is 534. The van der Waals surface area contributed by atoms with Gasteiger partial charge in [0.1, 0.15) is 0 Å².